The van der Waals surface area contributed by atoms with Crippen LogP contribution in [0.4, 0.5) is 0 Å². The molecule has 1 aromatic rings. The van der Waals surface area contributed by atoms with Crippen molar-refractivity contribution < 1.29 is 4.74 Å². The maximum atomic E-state index is 6.21. The zero-order valence-electron chi connectivity index (χ0n) is 15.1. The smallest absolute Gasteiger partial charge is 0.0700 e. The predicted octanol–water partition coefficient (Wildman–Crippen LogP) is 5.97. The second kappa shape index (κ2) is 7.98. The monoisotopic (exact) mass is 290 g/mol. The van der Waals surface area contributed by atoms with E-state index in [0.717, 1.165) is 13.0 Å². The molecule has 1 heterocycles. The zero-order valence-corrected chi connectivity index (χ0v) is 15.1. The number of rotatable bonds is 4. The highest BCUT2D eigenvalue weighted by molar-refractivity contribution is 5.26. The fourth-order valence-electron chi connectivity index (χ4n) is 3.47. The van der Waals surface area contributed by atoms with Crippen LogP contribution in [-0.2, 0) is 4.74 Å². The molecule has 120 valence electrons. The number of aryl methyl sites for hydroxylation is 1. The molecule has 0 radical (unpaired) electrons. The molecule has 0 aromatic heterocycles. The van der Waals surface area contributed by atoms with Gasteiger partial charge in [-0.2, -0.15) is 0 Å². The van der Waals surface area contributed by atoms with Gasteiger partial charge in [0.2, 0.25) is 0 Å². The normalized spacial score (nSPS) is 29.7. The van der Waals surface area contributed by atoms with Gasteiger partial charge in [0.15, 0.2) is 0 Å². The van der Waals surface area contributed by atoms with Gasteiger partial charge in [-0.25, -0.2) is 0 Å². The average molecular weight is 290 g/mol. The van der Waals surface area contributed by atoms with Gasteiger partial charge in [-0.05, 0) is 36.7 Å². The van der Waals surface area contributed by atoms with Crippen molar-refractivity contribution in [3.8, 4) is 0 Å². The largest absolute Gasteiger partial charge is 0.377 e. The van der Waals surface area contributed by atoms with Crippen LogP contribution in [0.25, 0.3) is 0 Å². The molecular weight excluding hydrogens is 256 g/mol. The summed E-state index contributed by atoms with van der Waals surface area (Å²) in [7, 11) is 0. The molecule has 1 aromatic carbocycles. The number of hydrogen-bond donors (Lipinski definition) is 0. The molecule has 1 fully saturated rings. The lowest BCUT2D eigenvalue weighted by atomic mass is 9.68. The lowest BCUT2D eigenvalue weighted by molar-refractivity contribution is 0.0291. The van der Waals surface area contributed by atoms with Crippen LogP contribution in [0.15, 0.2) is 24.3 Å². The fourth-order valence-corrected chi connectivity index (χ4v) is 3.47. The predicted molar refractivity (Wildman–Crippen MR) is 92.9 cm³/mol. The second-order valence-corrected chi connectivity index (χ2v) is 6.44. The van der Waals surface area contributed by atoms with Gasteiger partial charge in [-0.3, -0.25) is 0 Å². The van der Waals surface area contributed by atoms with E-state index in [2.05, 4.69) is 58.9 Å². The first kappa shape index (κ1) is 18.2. The van der Waals surface area contributed by atoms with Crippen LogP contribution in [0.3, 0.4) is 0 Å². The van der Waals surface area contributed by atoms with Crippen molar-refractivity contribution in [2.45, 2.75) is 73.3 Å². The number of hydrogen-bond acceptors (Lipinski definition) is 1. The van der Waals surface area contributed by atoms with E-state index >= 15 is 0 Å². The van der Waals surface area contributed by atoms with E-state index < -0.39 is 0 Å². The SMILES string of the molecule is CC.CC[C@H](c1ccc(C)cc1)[C@H]1OC[C@H](C)[C@@]1(C)CC. The van der Waals surface area contributed by atoms with Crippen LogP contribution in [0.2, 0.25) is 0 Å². The Morgan fingerprint density at radius 3 is 2.24 bits per heavy atom. The summed E-state index contributed by atoms with van der Waals surface area (Å²) < 4.78 is 6.21. The lowest BCUT2D eigenvalue weighted by Crippen LogP contribution is -2.36. The molecule has 4 atom stereocenters. The minimum Gasteiger partial charge on any atom is -0.377 e. The Balaban J connectivity index is 0.00000106. The zero-order chi connectivity index (χ0) is 16.0. The highest BCUT2D eigenvalue weighted by Crippen LogP contribution is 2.48. The first-order chi connectivity index (χ1) is 10.0. The summed E-state index contributed by atoms with van der Waals surface area (Å²) in [6.45, 7) is 16.4. The van der Waals surface area contributed by atoms with Crippen LogP contribution in [0.5, 0.6) is 0 Å². The van der Waals surface area contributed by atoms with E-state index in [-0.39, 0.29) is 0 Å². The summed E-state index contributed by atoms with van der Waals surface area (Å²) in [4.78, 5) is 0. The van der Waals surface area contributed by atoms with Gasteiger partial charge >= 0.3 is 0 Å². The molecule has 21 heavy (non-hydrogen) atoms. The molecule has 0 spiro atoms. The van der Waals surface area contributed by atoms with E-state index in [1.54, 1.807) is 0 Å². The number of benzene rings is 1. The molecule has 0 bridgehead atoms. The second-order valence-electron chi connectivity index (χ2n) is 6.44. The van der Waals surface area contributed by atoms with Gasteiger partial charge < -0.3 is 4.74 Å². The first-order valence-corrected chi connectivity index (χ1v) is 8.71. The standard InChI is InChI=1S/C18H28O.C2H6/c1-6-16(15-10-8-13(3)9-11-15)17-18(5,7-2)14(4)12-19-17;1-2/h8-11,14,16-17H,6-7,12H2,1-5H3;1-2H3/t14-,16+,17+,18+;/m0./s1. The van der Waals surface area contributed by atoms with Crippen LogP contribution in [-0.4, -0.2) is 12.7 Å². The minimum absolute atomic E-state index is 0.311. The molecule has 1 nitrogen and oxygen atoms in total. The van der Waals surface area contributed by atoms with Crippen LogP contribution in [0, 0.1) is 18.3 Å². The van der Waals surface area contributed by atoms with Gasteiger partial charge in [-0.15, -0.1) is 0 Å². The molecule has 1 saturated heterocycles. The molecule has 0 aliphatic carbocycles. The quantitative estimate of drug-likeness (QED) is 0.664. The van der Waals surface area contributed by atoms with Gasteiger partial charge in [0.1, 0.15) is 0 Å². The van der Waals surface area contributed by atoms with Gasteiger partial charge in [-0.1, -0.05) is 71.4 Å². The Bertz CT molecular complexity index is 408. The molecule has 0 unspecified atom stereocenters. The molecule has 1 heteroatoms. The molecule has 2 rings (SSSR count). The van der Waals surface area contributed by atoms with Crippen LogP contribution < -0.4 is 0 Å². The van der Waals surface area contributed by atoms with E-state index in [9.17, 15) is 0 Å². The topological polar surface area (TPSA) is 9.23 Å². The average Bonchev–Trinajstić information content (AvgIpc) is 2.81. The Morgan fingerprint density at radius 1 is 1.19 bits per heavy atom. The van der Waals surface area contributed by atoms with E-state index in [0.29, 0.717) is 23.4 Å². The van der Waals surface area contributed by atoms with E-state index in [1.165, 1.54) is 17.5 Å². The maximum absolute atomic E-state index is 6.21. The summed E-state index contributed by atoms with van der Waals surface area (Å²) in [6, 6.07) is 9.01. The highest BCUT2D eigenvalue weighted by Gasteiger charge is 2.47. The minimum atomic E-state index is 0.311. The third-order valence-electron chi connectivity index (χ3n) is 5.37. The summed E-state index contributed by atoms with van der Waals surface area (Å²) >= 11 is 0. The third kappa shape index (κ3) is 3.69. The van der Waals surface area contributed by atoms with Crippen molar-refractivity contribution in [2.24, 2.45) is 11.3 Å². The molecule has 0 amide bonds. The van der Waals surface area contributed by atoms with Crippen LogP contribution >= 0.6 is 0 Å². The molecule has 0 N–H and O–H groups in total. The van der Waals surface area contributed by atoms with Crippen molar-refractivity contribution in [2.75, 3.05) is 6.61 Å². The fraction of sp³-hybridized carbons (Fsp3) is 0.700. The Morgan fingerprint density at radius 2 is 1.76 bits per heavy atom. The third-order valence-corrected chi connectivity index (χ3v) is 5.37. The Hall–Kier alpha value is -0.820. The van der Waals surface area contributed by atoms with Gasteiger partial charge in [0.25, 0.3) is 0 Å². The molecule has 0 saturated carbocycles. The summed E-state index contributed by atoms with van der Waals surface area (Å²) in [5, 5.41) is 0. The van der Waals surface area contributed by atoms with E-state index in [4.69, 9.17) is 4.74 Å². The summed E-state index contributed by atoms with van der Waals surface area (Å²) in [6.07, 6.45) is 2.71. The molecular formula is C20H34O. The van der Waals surface area contributed by atoms with E-state index in [1.807, 2.05) is 13.8 Å². The van der Waals surface area contributed by atoms with Crippen molar-refractivity contribution in [1.29, 1.82) is 0 Å². The Labute approximate surface area is 132 Å². The molecule has 1 aliphatic rings. The van der Waals surface area contributed by atoms with Crippen molar-refractivity contribution >= 4 is 0 Å². The summed E-state index contributed by atoms with van der Waals surface area (Å²) in [5.74, 6) is 1.18. The molecule has 1 aliphatic heterocycles. The Kier molecular flexibility index (Phi) is 6.93. The number of ether oxygens (including phenoxy) is 1. The van der Waals surface area contributed by atoms with Crippen molar-refractivity contribution in [1.82, 2.24) is 0 Å². The highest BCUT2D eigenvalue weighted by atomic mass is 16.5. The lowest BCUT2D eigenvalue weighted by Gasteiger charge is -2.37. The van der Waals surface area contributed by atoms with Gasteiger partial charge in [0, 0.05) is 5.92 Å². The van der Waals surface area contributed by atoms with Crippen molar-refractivity contribution in [3.63, 3.8) is 0 Å². The van der Waals surface area contributed by atoms with Crippen molar-refractivity contribution in [3.05, 3.63) is 35.4 Å². The summed E-state index contributed by atoms with van der Waals surface area (Å²) in [5.41, 5.74) is 3.08. The maximum Gasteiger partial charge on any atom is 0.0700 e. The van der Waals surface area contributed by atoms with Crippen LogP contribution in [0.1, 0.15) is 71.4 Å². The van der Waals surface area contributed by atoms with Gasteiger partial charge in [0.05, 0.1) is 12.7 Å². The first-order valence-electron chi connectivity index (χ1n) is 8.71.